The van der Waals surface area contributed by atoms with Gasteiger partial charge in [-0.3, -0.25) is 4.79 Å². The lowest BCUT2D eigenvalue weighted by molar-refractivity contribution is -0.130. The van der Waals surface area contributed by atoms with Crippen molar-refractivity contribution in [2.24, 2.45) is 11.8 Å². The third kappa shape index (κ3) is 3.77. The van der Waals surface area contributed by atoms with E-state index < -0.39 is 0 Å². The molecular formula is C15H21NOS. The number of benzene rings is 1. The first-order chi connectivity index (χ1) is 8.65. The van der Waals surface area contributed by atoms with Crippen LogP contribution in [-0.2, 0) is 4.79 Å². The molecule has 1 fully saturated rings. The molecule has 1 amide bonds. The Labute approximate surface area is 114 Å². The van der Waals surface area contributed by atoms with Gasteiger partial charge in [0.15, 0.2) is 0 Å². The molecule has 18 heavy (non-hydrogen) atoms. The minimum absolute atomic E-state index is 0.280. The topological polar surface area (TPSA) is 20.3 Å². The van der Waals surface area contributed by atoms with Gasteiger partial charge in [-0.15, -0.1) is 11.8 Å². The Morgan fingerprint density at radius 2 is 1.83 bits per heavy atom. The molecule has 2 rings (SSSR count). The fourth-order valence-electron chi connectivity index (χ4n) is 2.62. The van der Waals surface area contributed by atoms with Crippen LogP contribution < -0.4 is 0 Å². The minimum atomic E-state index is 0.280. The Balaban J connectivity index is 1.84. The zero-order valence-corrected chi connectivity index (χ0v) is 12.0. The molecular weight excluding hydrogens is 242 g/mol. The Hall–Kier alpha value is -0.960. The van der Waals surface area contributed by atoms with Crippen molar-refractivity contribution in [3.05, 3.63) is 30.3 Å². The predicted octanol–water partition coefficient (Wildman–Crippen LogP) is 3.28. The summed E-state index contributed by atoms with van der Waals surface area (Å²) in [4.78, 5) is 15.4. The second-order valence-corrected chi connectivity index (χ2v) is 6.40. The summed E-state index contributed by atoms with van der Waals surface area (Å²) < 4.78 is 0. The van der Waals surface area contributed by atoms with Crippen LogP contribution in [0.3, 0.4) is 0 Å². The van der Waals surface area contributed by atoms with Crippen LogP contribution in [-0.4, -0.2) is 29.6 Å². The monoisotopic (exact) mass is 263 g/mol. The Morgan fingerprint density at radius 1 is 1.22 bits per heavy atom. The summed E-state index contributed by atoms with van der Waals surface area (Å²) in [6, 6.07) is 10.1. The van der Waals surface area contributed by atoms with Gasteiger partial charge in [-0.25, -0.2) is 0 Å². The van der Waals surface area contributed by atoms with Crippen molar-refractivity contribution >= 4 is 17.7 Å². The third-order valence-corrected chi connectivity index (χ3v) is 4.32. The largest absolute Gasteiger partial charge is 0.341 e. The van der Waals surface area contributed by atoms with Gasteiger partial charge in [-0.1, -0.05) is 32.0 Å². The molecule has 0 aromatic heterocycles. The zero-order chi connectivity index (χ0) is 13.0. The molecule has 0 radical (unpaired) electrons. The SMILES string of the molecule is C[C@H]1C[C@H](C)CN(C(=O)CSc2ccccc2)C1. The van der Waals surface area contributed by atoms with E-state index in [9.17, 15) is 4.79 Å². The number of piperidine rings is 1. The minimum Gasteiger partial charge on any atom is -0.341 e. The van der Waals surface area contributed by atoms with Crippen LogP contribution in [0.15, 0.2) is 35.2 Å². The molecule has 2 atom stereocenters. The van der Waals surface area contributed by atoms with Crippen molar-refractivity contribution in [1.29, 1.82) is 0 Å². The molecule has 1 saturated heterocycles. The molecule has 1 aliphatic heterocycles. The summed E-state index contributed by atoms with van der Waals surface area (Å²) in [7, 11) is 0. The maximum absolute atomic E-state index is 12.2. The molecule has 2 nitrogen and oxygen atoms in total. The number of thioether (sulfide) groups is 1. The molecule has 0 unspecified atom stereocenters. The van der Waals surface area contributed by atoms with Crippen LogP contribution in [0.2, 0.25) is 0 Å². The fraction of sp³-hybridized carbons (Fsp3) is 0.533. The lowest BCUT2D eigenvalue weighted by Crippen LogP contribution is -2.43. The van der Waals surface area contributed by atoms with Gasteiger partial charge in [-0.05, 0) is 30.4 Å². The van der Waals surface area contributed by atoms with Gasteiger partial charge in [-0.2, -0.15) is 0 Å². The molecule has 0 aliphatic carbocycles. The molecule has 1 aromatic carbocycles. The van der Waals surface area contributed by atoms with Crippen molar-refractivity contribution in [2.45, 2.75) is 25.2 Å². The van der Waals surface area contributed by atoms with Crippen molar-refractivity contribution < 1.29 is 4.79 Å². The lowest BCUT2D eigenvalue weighted by Gasteiger charge is -2.35. The van der Waals surface area contributed by atoms with E-state index in [0.717, 1.165) is 13.1 Å². The quantitative estimate of drug-likeness (QED) is 0.780. The van der Waals surface area contributed by atoms with Gasteiger partial charge in [0.25, 0.3) is 0 Å². The number of carbonyl (C=O) groups excluding carboxylic acids is 1. The number of likely N-dealkylation sites (tertiary alicyclic amines) is 1. The van der Waals surface area contributed by atoms with Crippen molar-refractivity contribution in [3.8, 4) is 0 Å². The fourth-order valence-corrected chi connectivity index (χ4v) is 3.44. The number of amides is 1. The van der Waals surface area contributed by atoms with Crippen molar-refractivity contribution in [3.63, 3.8) is 0 Å². The Bertz CT molecular complexity index is 383. The van der Waals surface area contributed by atoms with Gasteiger partial charge in [0.2, 0.25) is 5.91 Å². The van der Waals surface area contributed by atoms with Crippen molar-refractivity contribution in [1.82, 2.24) is 4.90 Å². The van der Waals surface area contributed by atoms with E-state index in [2.05, 4.69) is 26.0 Å². The van der Waals surface area contributed by atoms with E-state index in [4.69, 9.17) is 0 Å². The van der Waals surface area contributed by atoms with Gasteiger partial charge in [0, 0.05) is 18.0 Å². The Morgan fingerprint density at radius 3 is 2.44 bits per heavy atom. The van der Waals surface area contributed by atoms with Crippen LogP contribution >= 0.6 is 11.8 Å². The summed E-state index contributed by atoms with van der Waals surface area (Å²) in [5, 5.41) is 0. The van der Waals surface area contributed by atoms with E-state index in [-0.39, 0.29) is 5.91 Å². The van der Waals surface area contributed by atoms with E-state index in [1.807, 2.05) is 23.1 Å². The molecule has 1 aromatic rings. The zero-order valence-electron chi connectivity index (χ0n) is 11.1. The molecule has 0 bridgehead atoms. The van der Waals surface area contributed by atoms with Gasteiger partial charge in [0.05, 0.1) is 5.75 Å². The maximum atomic E-state index is 12.2. The van der Waals surface area contributed by atoms with Gasteiger partial charge in [0.1, 0.15) is 0 Å². The first-order valence-electron chi connectivity index (χ1n) is 6.60. The average Bonchev–Trinajstić information content (AvgIpc) is 2.36. The van der Waals surface area contributed by atoms with Crippen LogP contribution in [0, 0.1) is 11.8 Å². The molecule has 0 N–H and O–H groups in total. The highest BCUT2D eigenvalue weighted by molar-refractivity contribution is 8.00. The summed E-state index contributed by atoms with van der Waals surface area (Å²) >= 11 is 1.63. The molecule has 0 spiro atoms. The highest BCUT2D eigenvalue weighted by Crippen LogP contribution is 2.23. The number of rotatable bonds is 3. The maximum Gasteiger partial charge on any atom is 0.232 e. The second-order valence-electron chi connectivity index (χ2n) is 5.35. The van der Waals surface area contributed by atoms with E-state index in [0.29, 0.717) is 17.6 Å². The summed E-state index contributed by atoms with van der Waals surface area (Å²) in [6.45, 7) is 6.33. The number of hydrogen-bond donors (Lipinski definition) is 0. The molecule has 1 heterocycles. The van der Waals surface area contributed by atoms with Crippen molar-refractivity contribution in [2.75, 3.05) is 18.8 Å². The molecule has 0 saturated carbocycles. The first-order valence-corrected chi connectivity index (χ1v) is 7.59. The van der Waals surface area contributed by atoms with Gasteiger partial charge >= 0.3 is 0 Å². The predicted molar refractivity (Wildman–Crippen MR) is 76.7 cm³/mol. The van der Waals surface area contributed by atoms with E-state index in [1.54, 1.807) is 11.8 Å². The highest BCUT2D eigenvalue weighted by atomic mass is 32.2. The standard InChI is InChI=1S/C15H21NOS/c1-12-8-13(2)10-16(9-12)15(17)11-18-14-6-4-3-5-7-14/h3-7,12-13H,8-11H2,1-2H3/t12-,13-/m0/s1. The highest BCUT2D eigenvalue weighted by Gasteiger charge is 2.25. The van der Waals surface area contributed by atoms with E-state index >= 15 is 0 Å². The first kappa shape index (κ1) is 13.5. The second kappa shape index (κ2) is 6.28. The third-order valence-electron chi connectivity index (χ3n) is 3.33. The van der Waals surface area contributed by atoms with Crippen LogP contribution in [0.1, 0.15) is 20.3 Å². The molecule has 1 aliphatic rings. The Kier molecular flexibility index (Phi) is 4.70. The lowest BCUT2D eigenvalue weighted by atomic mass is 9.92. The number of nitrogens with zero attached hydrogens (tertiary/aromatic N) is 1. The number of carbonyl (C=O) groups is 1. The summed E-state index contributed by atoms with van der Waals surface area (Å²) in [5.74, 6) is 2.12. The van der Waals surface area contributed by atoms with Crippen LogP contribution in [0.25, 0.3) is 0 Å². The number of hydrogen-bond acceptors (Lipinski definition) is 2. The van der Waals surface area contributed by atoms with E-state index in [1.165, 1.54) is 11.3 Å². The van der Waals surface area contributed by atoms with Crippen LogP contribution in [0.4, 0.5) is 0 Å². The molecule has 98 valence electrons. The smallest absolute Gasteiger partial charge is 0.232 e. The summed E-state index contributed by atoms with van der Waals surface area (Å²) in [5.41, 5.74) is 0. The summed E-state index contributed by atoms with van der Waals surface area (Å²) in [6.07, 6.45) is 1.25. The van der Waals surface area contributed by atoms with Gasteiger partial charge < -0.3 is 4.90 Å². The normalized spacial score (nSPS) is 24.0. The average molecular weight is 263 g/mol. The van der Waals surface area contributed by atoms with Crippen LogP contribution in [0.5, 0.6) is 0 Å². The molecule has 3 heteroatoms.